The van der Waals surface area contributed by atoms with Crippen LogP contribution in [0.5, 0.6) is 0 Å². The van der Waals surface area contributed by atoms with Gasteiger partial charge in [0.25, 0.3) is 5.91 Å². The van der Waals surface area contributed by atoms with Crippen LogP contribution in [0.3, 0.4) is 0 Å². The Kier molecular flexibility index (Phi) is 4.21. The van der Waals surface area contributed by atoms with Gasteiger partial charge in [-0.05, 0) is 57.8 Å². The Balaban J connectivity index is 1.93. The van der Waals surface area contributed by atoms with E-state index in [0.717, 1.165) is 0 Å². The molecular formula is C17H21BFN3O3. The monoisotopic (exact) mass is 345 g/mol. The third-order valence-corrected chi connectivity index (χ3v) is 4.90. The molecule has 0 saturated carbocycles. The Bertz CT molecular complexity index is 790. The molecule has 0 aliphatic carbocycles. The van der Waals surface area contributed by atoms with Gasteiger partial charge < -0.3 is 14.6 Å². The van der Waals surface area contributed by atoms with Crippen LogP contribution in [-0.2, 0) is 9.31 Å². The highest BCUT2D eigenvalue weighted by atomic mass is 19.1. The van der Waals surface area contributed by atoms with Crippen molar-refractivity contribution in [2.45, 2.75) is 45.8 Å². The first-order valence-corrected chi connectivity index (χ1v) is 8.07. The van der Waals surface area contributed by atoms with Gasteiger partial charge in [0.2, 0.25) is 0 Å². The number of H-pyrrole nitrogens is 1. The van der Waals surface area contributed by atoms with Crippen molar-refractivity contribution in [3.05, 3.63) is 41.3 Å². The normalized spacial score (nSPS) is 18.4. The van der Waals surface area contributed by atoms with E-state index in [1.165, 1.54) is 12.3 Å². The smallest absolute Gasteiger partial charge is 0.399 e. The fourth-order valence-corrected chi connectivity index (χ4v) is 2.57. The van der Waals surface area contributed by atoms with Crippen molar-refractivity contribution in [3.63, 3.8) is 0 Å². The van der Waals surface area contributed by atoms with Crippen molar-refractivity contribution in [2.75, 3.05) is 5.32 Å². The number of amides is 1. The summed E-state index contributed by atoms with van der Waals surface area (Å²) in [6.45, 7) is 9.34. The van der Waals surface area contributed by atoms with E-state index in [9.17, 15) is 9.18 Å². The van der Waals surface area contributed by atoms with Gasteiger partial charge in [-0.15, -0.1) is 0 Å². The highest BCUT2D eigenvalue weighted by Gasteiger charge is 2.52. The first-order valence-electron chi connectivity index (χ1n) is 8.07. The summed E-state index contributed by atoms with van der Waals surface area (Å²) in [5, 5.41) is 9.02. The zero-order chi connectivity index (χ0) is 18.4. The number of anilines is 1. The van der Waals surface area contributed by atoms with E-state index in [0.29, 0.717) is 16.8 Å². The molecule has 0 atom stereocenters. The molecule has 8 heteroatoms. The Hall–Kier alpha value is -2.19. The summed E-state index contributed by atoms with van der Waals surface area (Å²) in [7, 11) is -0.737. The van der Waals surface area contributed by atoms with E-state index in [4.69, 9.17) is 9.31 Å². The maximum Gasteiger partial charge on any atom is 0.495 e. The minimum Gasteiger partial charge on any atom is -0.399 e. The number of rotatable bonds is 3. The fraction of sp³-hybridized carbons (Fsp3) is 0.412. The molecule has 1 fully saturated rings. The fourth-order valence-electron chi connectivity index (χ4n) is 2.57. The number of carbonyl (C=O) groups is 1. The van der Waals surface area contributed by atoms with Gasteiger partial charge in [0.15, 0.2) is 0 Å². The lowest BCUT2D eigenvalue weighted by Gasteiger charge is -2.32. The summed E-state index contributed by atoms with van der Waals surface area (Å²) in [5.41, 5.74) is -0.00352. The molecule has 1 aromatic carbocycles. The van der Waals surface area contributed by atoms with Crippen molar-refractivity contribution in [1.82, 2.24) is 10.2 Å². The molecule has 0 radical (unpaired) electrons. The number of carbonyl (C=O) groups excluding carboxylic acids is 1. The van der Waals surface area contributed by atoms with E-state index in [1.54, 1.807) is 19.1 Å². The first kappa shape index (κ1) is 17.6. The van der Waals surface area contributed by atoms with E-state index in [1.807, 2.05) is 27.7 Å². The minimum atomic E-state index is -0.737. The summed E-state index contributed by atoms with van der Waals surface area (Å²) in [4.78, 5) is 12.4. The van der Waals surface area contributed by atoms with Gasteiger partial charge in [-0.3, -0.25) is 9.89 Å². The van der Waals surface area contributed by atoms with Crippen molar-refractivity contribution in [1.29, 1.82) is 0 Å². The summed E-state index contributed by atoms with van der Waals surface area (Å²) >= 11 is 0. The van der Waals surface area contributed by atoms with Crippen LogP contribution in [0.25, 0.3) is 0 Å². The number of benzene rings is 1. The van der Waals surface area contributed by atoms with Gasteiger partial charge in [0.1, 0.15) is 11.6 Å². The second-order valence-corrected chi connectivity index (χ2v) is 7.18. The predicted molar refractivity (Wildman–Crippen MR) is 93.4 cm³/mol. The Morgan fingerprint density at radius 2 is 1.88 bits per heavy atom. The molecule has 1 aromatic heterocycles. The van der Waals surface area contributed by atoms with Crippen molar-refractivity contribution >= 4 is 24.3 Å². The number of aromatic amines is 1. The minimum absolute atomic E-state index is 0.183. The van der Waals surface area contributed by atoms with Crippen molar-refractivity contribution < 1.29 is 18.5 Å². The third kappa shape index (κ3) is 3.19. The van der Waals surface area contributed by atoms with Crippen LogP contribution in [-0.4, -0.2) is 34.4 Å². The zero-order valence-electron chi connectivity index (χ0n) is 14.9. The summed E-state index contributed by atoms with van der Waals surface area (Å²) < 4.78 is 26.4. The van der Waals surface area contributed by atoms with Crippen LogP contribution < -0.4 is 10.8 Å². The molecule has 2 heterocycles. The molecule has 6 nitrogen and oxygen atoms in total. The van der Waals surface area contributed by atoms with Crippen LogP contribution in [0.2, 0.25) is 0 Å². The molecule has 132 valence electrons. The maximum atomic E-state index is 14.4. The Morgan fingerprint density at radius 1 is 1.24 bits per heavy atom. The van der Waals surface area contributed by atoms with Gasteiger partial charge in [-0.1, -0.05) is 0 Å². The number of hydrogen-bond acceptors (Lipinski definition) is 4. The molecule has 3 rings (SSSR count). The second-order valence-electron chi connectivity index (χ2n) is 7.18. The number of nitrogens with zero attached hydrogens (tertiary/aromatic N) is 1. The van der Waals surface area contributed by atoms with Crippen molar-refractivity contribution in [2.24, 2.45) is 0 Å². The number of hydrogen-bond donors (Lipinski definition) is 2. The predicted octanol–water partition coefficient (Wildman–Crippen LogP) is 2.41. The van der Waals surface area contributed by atoms with Crippen molar-refractivity contribution in [3.8, 4) is 0 Å². The van der Waals surface area contributed by atoms with E-state index in [-0.39, 0.29) is 5.56 Å². The second kappa shape index (κ2) is 5.96. The molecule has 2 N–H and O–H groups in total. The molecule has 2 aromatic rings. The third-order valence-electron chi connectivity index (χ3n) is 4.90. The van der Waals surface area contributed by atoms with E-state index in [2.05, 4.69) is 15.5 Å². The highest BCUT2D eigenvalue weighted by Crippen LogP contribution is 2.36. The van der Waals surface area contributed by atoms with Gasteiger partial charge in [-0.2, -0.15) is 5.10 Å². The lowest BCUT2D eigenvalue weighted by Crippen LogP contribution is -2.41. The molecule has 0 spiro atoms. The quantitative estimate of drug-likeness (QED) is 0.838. The number of aromatic nitrogens is 2. The highest BCUT2D eigenvalue weighted by molar-refractivity contribution is 6.62. The molecule has 0 unspecified atom stereocenters. The first-order chi connectivity index (χ1) is 11.6. The van der Waals surface area contributed by atoms with Crippen LogP contribution in [0, 0.1) is 12.7 Å². The summed E-state index contributed by atoms with van der Waals surface area (Å²) in [6.07, 6.45) is 1.52. The van der Waals surface area contributed by atoms with Gasteiger partial charge >= 0.3 is 7.12 Å². The summed E-state index contributed by atoms with van der Waals surface area (Å²) in [6, 6.07) is 4.42. The van der Waals surface area contributed by atoms with Crippen LogP contribution in [0.4, 0.5) is 10.2 Å². The standard InChI is InChI=1S/C17H21BFN3O3/c1-10-12(18-24-16(2,3)17(4,5)25-18)8-11(9-13(10)19)15(23)21-14-6-7-20-22-14/h6-9H,1-5H3,(H2,20,21,22,23). The molecule has 1 saturated heterocycles. The molecule has 25 heavy (non-hydrogen) atoms. The molecule has 0 bridgehead atoms. The molecular weight excluding hydrogens is 324 g/mol. The van der Waals surface area contributed by atoms with Gasteiger partial charge in [-0.25, -0.2) is 4.39 Å². The molecule has 1 aliphatic heterocycles. The molecule has 1 aliphatic rings. The molecule has 1 amide bonds. The Labute approximate surface area is 146 Å². The van der Waals surface area contributed by atoms with Gasteiger partial charge in [0, 0.05) is 11.6 Å². The number of nitrogens with one attached hydrogen (secondary N) is 2. The van der Waals surface area contributed by atoms with Crippen LogP contribution in [0.15, 0.2) is 24.4 Å². The van der Waals surface area contributed by atoms with Crippen LogP contribution >= 0.6 is 0 Å². The summed E-state index contributed by atoms with van der Waals surface area (Å²) in [5.74, 6) is -0.494. The number of halogens is 1. The van der Waals surface area contributed by atoms with Gasteiger partial charge in [0.05, 0.1) is 17.4 Å². The lowest BCUT2D eigenvalue weighted by molar-refractivity contribution is 0.00578. The van der Waals surface area contributed by atoms with E-state index < -0.39 is 30.0 Å². The average molecular weight is 345 g/mol. The lowest BCUT2D eigenvalue weighted by atomic mass is 9.75. The van der Waals surface area contributed by atoms with E-state index >= 15 is 0 Å². The van der Waals surface area contributed by atoms with Crippen LogP contribution in [0.1, 0.15) is 43.6 Å². The largest absolute Gasteiger partial charge is 0.495 e. The SMILES string of the molecule is Cc1c(F)cc(C(=O)Nc2ccn[nH]2)cc1B1OC(C)(C)C(C)(C)O1. The average Bonchev–Trinajstić information content (AvgIpc) is 3.08. The topological polar surface area (TPSA) is 76.2 Å². The maximum absolute atomic E-state index is 14.4. The zero-order valence-corrected chi connectivity index (χ0v) is 14.9. The Morgan fingerprint density at radius 3 is 2.44 bits per heavy atom.